The number of carbonyl (C=O) groups is 1. The van der Waals surface area contributed by atoms with Crippen molar-refractivity contribution in [3.8, 4) is 0 Å². The van der Waals surface area contributed by atoms with E-state index in [1.165, 1.54) is 12.8 Å². The van der Waals surface area contributed by atoms with Crippen LogP contribution in [0.2, 0.25) is 0 Å². The van der Waals surface area contributed by atoms with Crippen LogP contribution in [0.4, 0.5) is 0 Å². The second-order valence-corrected chi connectivity index (χ2v) is 7.09. The molecule has 0 fully saturated rings. The Balaban J connectivity index is 4.03. The SMILES string of the molecule is CN=C(NCC(=O)NC(C)(C)C)NC(C)CCCC(C)C. The summed E-state index contributed by atoms with van der Waals surface area (Å²) in [6.45, 7) is 12.8. The summed E-state index contributed by atoms with van der Waals surface area (Å²) in [6, 6.07) is 0.348. The zero-order valence-electron chi connectivity index (χ0n) is 14.8. The van der Waals surface area contributed by atoms with Crippen molar-refractivity contribution in [2.45, 2.75) is 72.4 Å². The van der Waals surface area contributed by atoms with E-state index in [0.717, 1.165) is 12.3 Å². The molecule has 5 heteroatoms. The molecule has 0 saturated heterocycles. The van der Waals surface area contributed by atoms with E-state index in [9.17, 15) is 4.79 Å². The number of guanidine groups is 1. The molecule has 124 valence electrons. The van der Waals surface area contributed by atoms with Gasteiger partial charge in [-0.1, -0.05) is 26.7 Å². The lowest BCUT2D eigenvalue weighted by Crippen LogP contribution is -2.49. The molecular formula is C16H34N4O. The van der Waals surface area contributed by atoms with E-state index in [1.807, 2.05) is 20.8 Å². The molecule has 0 aromatic carbocycles. The van der Waals surface area contributed by atoms with Gasteiger partial charge in [-0.05, 0) is 40.0 Å². The summed E-state index contributed by atoms with van der Waals surface area (Å²) in [6.07, 6.45) is 3.55. The van der Waals surface area contributed by atoms with Gasteiger partial charge in [-0.2, -0.15) is 0 Å². The van der Waals surface area contributed by atoms with E-state index < -0.39 is 0 Å². The molecule has 5 nitrogen and oxygen atoms in total. The van der Waals surface area contributed by atoms with Crippen molar-refractivity contribution < 1.29 is 4.79 Å². The van der Waals surface area contributed by atoms with E-state index in [0.29, 0.717) is 12.0 Å². The number of hydrogen-bond donors (Lipinski definition) is 3. The average molecular weight is 298 g/mol. The van der Waals surface area contributed by atoms with E-state index in [2.05, 4.69) is 41.7 Å². The third-order valence-electron chi connectivity index (χ3n) is 2.96. The summed E-state index contributed by atoms with van der Waals surface area (Å²) in [5.41, 5.74) is -0.208. The van der Waals surface area contributed by atoms with Crippen molar-refractivity contribution in [2.75, 3.05) is 13.6 Å². The fraction of sp³-hybridized carbons (Fsp3) is 0.875. The minimum atomic E-state index is -0.208. The van der Waals surface area contributed by atoms with Crippen molar-refractivity contribution in [2.24, 2.45) is 10.9 Å². The molecule has 0 radical (unpaired) electrons. The number of hydrogen-bond acceptors (Lipinski definition) is 2. The van der Waals surface area contributed by atoms with Crippen LogP contribution in [0.15, 0.2) is 4.99 Å². The normalized spacial score (nSPS) is 14.0. The van der Waals surface area contributed by atoms with Crippen LogP contribution in [0.5, 0.6) is 0 Å². The molecular weight excluding hydrogens is 264 g/mol. The Morgan fingerprint density at radius 1 is 1.14 bits per heavy atom. The zero-order chi connectivity index (χ0) is 16.5. The summed E-state index contributed by atoms with van der Waals surface area (Å²) in [7, 11) is 1.72. The Morgan fingerprint density at radius 3 is 2.24 bits per heavy atom. The molecule has 0 heterocycles. The van der Waals surface area contributed by atoms with Crippen LogP contribution in [-0.4, -0.2) is 37.0 Å². The smallest absolute Gasteiger partial charge is 0.239 e. The Kier molecular flexibility index (Phi) is 9.06. The molecule has 0 saturated carbocycles. The van der Waals surface area contributed by atoms with E-state index in [-0.39, 0.29) is 18.0 Å². The van der Waals surface area contributed by atoms with Crippen molar-refractivity contribution in [3.05, 3.63) is 0 Å². The monoisotopic (exact) mass is 298 g/mol. The van der Waals surface area contributed by atoms with Crippen LogP contribution in [0, 0.1) is 5.92 Å². The number of nitrogens with zero attached hydrogens (tertiary/aromatic N) is 1. The molecule has 1 amide bonds. The highest BCUT2D eigenvalue weighted by molar-refractivity contribution is 5.86. The summed E-state index contributed by atoms with van der Waals surface area (Å²) >= 11 is 0. The molecule has 0 bridgehead atoms. The predicted octanol–water partition coefficient (Wildman–Crippen LogP) is 2.28. The van der Waals surface area contributed by atoms with Crippen molar-refractivity contribution >= 4 is 11.9 Å². The first kappa shape index (κ1) is 19.7. The summed E-state index contributed by atoms with van der Waals surface area (Å²) in [5, 5.41) is 9.28. The molecule has 0 spiro atoms. The second kappa shape index (κ2) is 9.64. The molecule has 1 unspecified atom stereocenters. The zero-order valence-corrected chi connectivity index (χ0v) is 14.8. The van der Waals surface area contributed by atoms with Gasteiger partial charge in [-0.3, -0.25) is 9.79 Å². The minimum Gasteiger partial charge on any atom is -0.354 e. The van der Waals surface area contributed by atoms with Gasteiger partial charge < -0.3 is 16.0 Å². The highest BCUT2D eigenvalue weighted by atomic mass is 16.2. The maximum Gasteiger partial charge on any atom is 0.239 e. The first-order chi connectivity index (χ1) is 9.64. The van der Waals surface area contributed by atoms with Crippen LogP contribution in [0.3, 0.4) is 0 Å². The highest BCUT2D eigenvalue weighted by Gasteiger charge is 2.14. The molecule has 0 aliphatic rings. The second-order valence-electron chi connectivity index (χ2n) is 7.09. The van der Waals surface area contributed by atoms with Crippen LogP contribution >= 0.6 is 0 Å². The van der Waals surface area contributed by atoms with Gasteiger partial charge in [0.2, 0.25) is 5.91 Å². The van der Waals surface area contributed by atoms with Crippen LogP contribution in [0.25, 0.3) is 0 Å². The lowest BCUT2D eigenvalue weighted by atomic mass is 10.0. The quantitative estimate of drug-likeness (QED) is 0.499. The van der Waals surface area contributed by atoms with Gasteiger partial charge in [0.05, 0.1) is 6.54 Å². The Bertz CT molecular complexity index is 332. The molecule has 0 aliphatic carbocycles. The molecule has 21 heavy (non-hydrogen) atoms. The Labute approximate surface area is 130 Å². The van der Waals surface area contributed by atoms with E-state index >= 15 is 0 Å². The first-order valence-corrected chi connectivity index (χ1v) is 7.92. The fourth-order valence-electron chi connectivity index (χ4n) is 1.96. The molecule has 3 N–H and O–H groups in total. The number of rotatable bonds is 7. The summed E-state index contributed by atoms with van der Waals surface area (Å²) in [5.74, 6) is 1.39. The number of nitrogens with one attached hydrogen (secondary N) is 3. The first-order valence-electron chi connectivity index (χ1n) is 7.92. The maximum absolute atomic E-state index is 11.8. The van der Waals surface area contributed by atoms with Gasteiger partial charge in [-0.25, -0.2) is 0 Å². The number of aliphatic imine (C=N–C) groups is 1. The standard InChI is InChI=1S/C16H34N4O/c1-12(2)9-8-10-13(3)19-15(17-7)18-11-14(21)20-16(4,5)6/h12-13H,8-11H2,1-7H3,(H,20,21)(H2,17,18,19). The third kappa shape index (κ3) is 12.2. The Morgan fingerprint density at radius 2 is 1.76 bits per heavy atom. The van der Waals surface area contributed by atoms with Crippen LogP contribution in [-0.2, 0) is 4.79 Å². The van der Waals surface area contributed by atoms with E-state index in [1.54, 1.807) is 7.05 Å². The van der Waals surface area contributed by atoms with Gasteiger partial charge in [0, 0.05) is 18.6 Å². The third-order valence-corrected chi connectivity index (χ3v) is 2.96. The summed E-state index contributed by atoms with van der Waals surface area (Å²) < 4.78 is 0. The molecule has 0 rings (SSSR count). The topological polar surface area (TPSA) is 65.5 Å². The van der Waals surface area contributed by atoms with Crippen molar-refractivity contribution in [1.29, 1.82) is 0 Å². The van der Waals surface area contributed by atoms with Gasteiger partial charge >= 0.3 is 0 Å². The minimum absolute atomic E-state index is 0.0297. The maximum atomic E-state index is 11.8. The van der Waals surface area contributed by atoms with Gasteiger partial charge in [-0.15, -0.1) is 0 Å². The van der Waals surface area contributed by atoms with Gasteiger partial charge in [0.1, 0.15) is 0 Å². The van der Waals surface area contributed by atoms with E-state index in [4.69, 9.17) is 0 Å². The molecule has 0 aromatic heterocycles. The fourth-order valence-corrected chi connectivity index (χ4v) is 1.96. The van der Waals surface area contributed by atoms with Gasteiger partial charge in [0.25, 0.3) is 0 Å². The predicted molar refractivity (Wildman–Crippen MR) is 90.5 cm³/mol. The van der Waals surface area contributed by atoms with Crippen molar-refractivity contribution in [1.82, 2.24) is 16.0 Å². The molecule has 0 aliphatic heterocycles. The largest absolute Gasteiger partial charge is 0.354 e. The van der Waals surface area contributed by atoms with Crippen LogP contribution < -0.4 is 16.0 Å². The van der Waals surface area contributed by atoms with Gasteiger partial charge in [0.15, 0.2) is 5.96 Å². The summed E-state index contributed by atoms with van der Waals surface area (Å²) in [4.78, 5) is 15.9. The number of amides is 1. The molecule has 0 aromatic rings. The lowest BCUT2D eigenvalue weighted by Gasteiger charge is -2.22. The Hall–Kier alpha value is -1.26. The molecule has 1 atom stereocenters. The highest BCUT2D eigenvalue weighted by Crippen LogP contribution is 2.08. The number of carbonyl (C=O) groups excluding carboxylic acids is 1. The average Bonchev–Trinajstić information content (AvgIpc) is 2.31. The van der Waals surface area contributed by atoms with Crippen molar-refractivity contribution in [3.63, 3.8) is 0 Å². The van der Waals surface area contributed by atoms with Crippen LogP contribution in [0.1, 0.15) is 60.8 Å². The lowest BCUT2D eigenvalue weighted by molar-refractivity contribution is -0.121.